The van der Waals surface area contributed by atoms with Crippen molar-refractivity contribution < 1.29 is 19.1 Å². The summed E-state index contributed by atoms with van der Waals surface area (Å²) in [6, 6.07) is 18.3. The largest absolute Gasteiger partial charge is 0.490 e. The van der Waals surface area contributed by atoms with Gasteiger partial charge in [0.1, 0.15) is 6.61 Å². The summed E-state index contributed by atoms with van der Waals surface area (Å²) in [4.78, 5) is 26.5. The molecule has 33 heavy (non-hydrogen) atoms. The zero-order valence-corrected chi connectivity index (χ0v) is 21.4. The van der Waals surface area contributed by atoms with E-state index in [1.165, 1.54) is 15.7 Å². The molecule has 0 aliphatic carbocycles. The summed E-state index contributed by atoms with van der Waals surface area (Å²) in [5.41, 5.74) is 1.86. The molecule has 2 amide bonds. The molecule has 5 nitrogen and oxygen atoms in total. The van der Waals surface area contributed by atoms with Crippen molar-refractivity contribution in [3.63, 3.8) is 0 Å². The van der Waals surface area contributed by atoms with Gasteiger partial charge in [-0.2, -0.15) is 0 Å². The number of hydrogen-bond donors (Lipinski definition) is 0. The number of imide groups is 1. The van der Waals surface area contributed by atoms with Gasteiger partial charge in [0.15, 0.2) is 11.5 Å². The zero-order valence-electron chi connectivity index (χ0n) is 18.5. The van der Waals surface area contributed by atoms with Crippen LogP contribution in [-0.4, -0.2) is 29.2 Å². The summed E-state index contributed by atoms with van der Waals surface area (Å²) in [5.74, 6) is 1.04. The molecular formula is C26H24INO4S. The van der Waals surface area contributed by atoms with E-state index in [0.29, 0.717) is 36.2 Å². The lowest BCUT2D eigenvalue weighted by atomic mass is 10.1. The van der Waals surface area contributed by atoms with Crippen LogP contribution in [0.25, 0.3) is 16.8 Å². The summed E-state index contributed by atoms with van der Waals surface area (Å²) in [7, 11) is 0. The molecule has 1 aliphatic rings. The number of amides is 2. The highest BCUT2D eigenvalue weighted by molar-refractivity contribution is 14.1. The van der Waals surface area contributed by atoms with Gasteiger partial charge in [0.05, 0.1) is 15.1 Å². The fourth-order valence-electron chi connectivity index (χ4n) is 3.63. The standard InChI is InChI=1S/C26H24INO4S/c1-3-11-28-25(29)23(33-26(28)30)15-18-13-21(27)24(22(14-18)31-4-2)32-16-17-9-10-19-7-5-6-8-20(19)12-17/h5-10,12-15H,3-4,11,16H2,1-2H3/b23-15+. The molecule has 0 saturated carbocycles. The predicted molar refractivity (Wildman–Crippen MR) is 142 cm³/mol. The van der Waals surface area contributed by atoms with E-state index in [9.17, 15) is 9.59 Å². The Morgan fingerprint density at radius 3 is 2.55 bits per heavy atom. The molecular weight excluding hydrogens is 549 g/mol. The topological polar surface area (TPSA) is 55.8 Å². The smallest absolute Gasteiger partial charge is 0.293 e. The SMILES string of the molecule is CCCN1C(=O)S/C(=C/c2cc(I)c(OCc3ccc4ccccc4c3)c(OCC)c2)C1=O. The Balaban J connectivity index is 1.58. The molecule has 1 saturated heterocycles. The molecule has 0 unspecified atom stereocenters. The number of ether oxygens (including phenoxy) is 2. The lowest BCUT2D eigenvalue weighted by Crippen LogP contribution is -2.28. The quantitative estimate of drug-likeness (QED) is 0.218. The first kappa shape index (κ1) is 23.6. The molecule has 0 aromatic heterocycles. The van der Waals surface area contributed by atoms with Crippen molar-refractivity contribution in [2.75, 3.05) is 13.2 Å². The summed E-state index contributed by atoms with van der Waals surface area (Å²) in [6.45, 7) is 5.20. The molecule has 3 aromatic rings. The van der Waals surface area contributed by atoms with Gasteiger partial charge in [-0.1, -0.05) is 43.3 Å². The monoisotopic (exact) mass is 573 g/mol. The van der Waals surface area contributed by atoms with Crippen molar-refractivity contribution in [1.82, 2.24) is 4.90 Å². The van der Waals surface area contributed by atoms with Crippen LogP contribution >= 0.6 is 34.4 Å². The molecule has 3 aromatic carbocycles. The molecule has 1 fully saturated rings. The average molecular weight is 573 g/mol. The van der Waals surface area contributed by atoms with Crippen molar-refractivity contribution in [3.05, 3.63) is 74.2 Å². The third-order valence-corrected chi connectivity index (χ3v) is 6.86. The van der Waals surface area contributed by atoms with E-state index in [1.54, 1.807) is 6.08 Å². The van der Waals surface area contributed by atoms with Crippen LogP contribution in [0.2, 0.25) is 0 Å². The van der Waals surface area contributed by atoms with E-state index in [1.807, 2.05) is 38.1 Å². The first-order valence-corrected chi connectivity index (χ1v) is 12.7. The Labute approximate surface area is 211 Å². The van der Waals surface area contributed by atoms with E-state index >= 15 is 0 Å². The van der Waals surface area contributed by atoms with E-state index in [4.69, 9.17) is 9.47 Å². The minimum atomic E-state index is -0.239. The highest BCUT2D eigenvalue weighted by atomic mass is 127. The third-order valence-electron chi connectivity index (χ3n) is 5.15. The van der Waals surface area contributed by atoms with E-state index in [2.05, 4.69) is 52.9 Å². The maximum absolute atomic E-state index is 12.6. The summed E-state index contributed by atoms with van der Waals surface area (Å²) in [6.07, 6.45) is 2.49. The van der Waals surface area contributed by atoms with Crippen LogP contribution < -0.4 is 9.47 Å². The van der Waals surface area contributed by atoms with Gasteiger partial charge in [-0.15, -0.1) is 0 Å². The number of rotatable bonds is 8. The number of hydrogen-bond acceptors (Lipinski definition) is 5. The zero-order chi connectivity index (χ0) is 23.4. The van der Waals surface area contributed by atoms with Crippen molar-refractivity contribution in [2.45, 2.75) is 26.9 Å². The first-order chi connectivity index (χ1) is 16.0. The van der Waals surface area contributed by atoms with E-state index in [-0.39, 0.29) is 11.1 Å². The van der Waals surface area contributed by atoms with Crippen molar-refractivity contribution in [1.29, 1.82) is 0 Å². The van der Waals surface area contributed by atoms with Gasteiger partial charge in [-0.25, -0.2) is 0 Å². The highest BCUT2D eigenvalue weighted by Crippen LogP contribution is 2.38. The lowest BCUT2D eigenvalue weighted by molar-refractivity contribution is -0.122. The van der Waals surface area contributed by atoms with Crippen LogP contribution in [0.5, 0.6) is 11.5 Å². The number of nitrogens with zero attached hydrogens (tertiary/aromatic N) is 1. The summed E-state index contributed by atoms with van der Waals surface area (Å²) >= 11 is 3.20. The molecule has 0 N–H and O–H groups in total. The van der Waals surface area contributed by atoms with Gasteiger partial charge >= 0.3 is 0 Å². The fourth-order valence-corrected chi connectivity index (χ4v) is 5.27. The van der Waals surface area contributed by atoms with Crippen LogP contribution in [0.3, 0.4) is 0 Å². The van der Waals surface area contributed by atoms with Gasteiger partial charge < -0.3 is 9.47 Å². The van der Waals surface area contributed by atoms with Crippen molar-refractivity contribution >= 4 is 62.3 Å². The van der Waals surface area contributed by atoms with Gasteiger partial charge in [-0.3, -0.25) is 14.5 Å². The second-order valence-electron chi connectivity index (χ2n) is 7.57. The van der Waals surface area contributed by atoms with Crippen LogP contribution in [0.4, 0.5) is 4.79 Å². The van der Waals surface area contributed by atoms with Gasteiger partial charge in [0.2, 0.25) is 0 Å². The molecule has 1 heterocycles. The van der Waals surface area contributed by atoms with Crippen LogP contribution in [0, 0.1) is 3.57 Å². The maximum Gasteiger partial charge on any atom is 0.293 e. The average Bonchev–Trinajstić information content (AvgIpc) is 3.06. The number of fused-ring (bicyclic) bond motifs is 1. The number of carbonyl (C=O) groups excluding carboxylic acids is 2. The Morgan fingerprint density at radius 2 is 1.79 bits per heavy atom. The van der Waals surface area contributed by atoms with E-state index in [0.717, 1.165) is 32.9 Å². The van der Waals surface area contributed by atoms with Crippen molar-refractivity contribution in [3.8, 4) is 11.5 Å². The molecule has 7 heteroatoms. The predicted octanol–water partition coefficient (Wildman–Crippen LogP) is 6.87. The van der Waals surface area contributed by atoms with Gasteiger partial charge in [0.25, 0.3) is 11.1 Å². The molecule has 0 spiro atoms. The minimum absolute atomic E-state index is 0.219. The Hall–Kier alpha value is -2.52. The number of thioether (sulfide) groups is 1. The molecule has 0 bridgehead atoms. The number of benzene rings is 3. The molecule has 170 valence electrons. The molecule has 0 radical (unpaired) electrons. The third kappa shape index (κ3) is 5.35. The summed E-state index contributed by atoms with van der Waals surface area (Å²) in [5, 5.41) is 2.15. The Kier molecular flexibility index (Phi) is 7.60. The molecule has 4 rings (SSSR count). The second-order valence-corrected chi connectivity index (χ2v) is 9.72. The second kappa shape index (κ2) is 10.6. The normalized spacial score (nSPS) is 15.0. The first-order valence-electron chi connectivity index (χ1n) is 10.8. The Morgan fingerprint density at radius 1 is 1.00 bits per heavy atom. The van der Waals surface area contributed by atoms with Gasteiger partial charge in [-0.05, 0) is 93.9 Å². The Bertz CT molecular complexity index is 1240. The molecule has 0 atom stereocenters. The van der Waals surface area contributed by atoms with Gasteiger partial charge in [0, 0.05) is 6.54 Å². The van der Waals surface area contributed by atoms with Crippen LogP contribution in [-0.2, 0) is 11.4 Å². The van der Waals surface area contributed by atoms with Crippen LogP contribution in [0.15, 0.2) is 59.5 Å². The maximum atomic E-state index is 12.6. The lowest BCUT2D eigenvalue weighted by Gasteiger charge is -2.15. The minimum Gasteiger partial charge on any atom is -0.490 e. The van der Waals surface area contributed by atoms with E-state index < -0.39 is 0 Å². The number of carbonyl (C=O) groups is 2. The summed E-state index contributed by atoms with van der Waals surface area (Å²) < 4.78 is 12.9. The molecule has 1 aliphatic heterocycles. The van der Waals surface area contributed by atoms with Crippen LogP contribution in [0.1, 0.15) is 31.4 Å². The fraction of sp³-hybridized carbons (Fsp3) is 0.231. The highest BCUT2D eigenvalue weighted by Gasteiger charge is 2.34. The van der Waals surface area contributed by atoms with Crippen molar-refractivity contribution in [2.24, 2.45) is 0 Å². The number of halogens is 1.